The smallest absolute Gasteiger partial charge is 0.255 e. The highest BCUT2D eigenvalue weighted by atomic mass is 16.2. The van der Waals surface area contributed by atoms with Gasteiger partial charge in [-0.2, -0.15) is 0 Å². The van der Waals surface area contributed by atoms with Crippen molar-refractivity contribution in [3.63, 3.8) is 0 Å². The van der Waals surface area contributed by atoms with Crippen LogP contribution in [0.4, 0.5) is 0 Å². The topological polar surface area (TPSA) is 49.0 Å². The predicted molar refractivity (Wildman–Crippen MR) is 79.5 cm³/mol. The van der Waals surface area contributed by atoms with Crippen LogP contribution in [0, 0.1) is 0 Å². The van der Waals surface area contributed by atoms with Crippen LogP contribution in [0.1, 0.15) is 10.4 Å². The van der Waals surface area contributed by atoms with E-state index in [1.54, 1.807) is 31.3 Å². The quantitative estimate of drug-likeness (QED) is 0.774. The average Bonchev–Trinajstić information content (AvgIpc) is 2.93. The van der Waals surface area contributed by atoms with Gasteiger partial charge in [0.2, 0.25) is 0 Å². The van der Waals surface area contributed by atoms with E-state index >= 15 is 0 Å². The normalized spacial score (nSPS) is 10.7. The second kappa shape index (κ2) is 4.81. The lowest BCUT2D eigenvalue weighted by Crippen LogP contribution is -2.22. The van der Waals surface area contributed by atoms with E-state index < -0.39 is 0 Å². The molecule has 0 aliphatic carbocycles. The van der Waals surface area contributed by atoms with Crippen molar-refractivity contribution in [2.24, 2.45) is 0 Å². The maximum atomic E-state index is 12.2. The van der Waals surface area contributed by atoms with Gasteiger partial charge in [-0.1, -0.05) is 6.07 Å². The summed E-state index contributed by atoms with van der Waals surface area (Å²) in [6.45, 7) is 0. The SMILES string of the molecule is CN(C)C(=O)c1cccnc1-c1ccc2[nH]ccc2c1. The van der Waals surface area contributed by atoms with Gasteiger partial charge in [0.15, 0.2) is 0 Å². The van der Waals surface area contributed by atoms with Crippen LogP contribution in [0.25, 0.3) is 22.2 Å². The van der Waals surface area contributed by atoms with Crippen LogP contribution in [0.5, 0.6) is 0 Å². The average molecular weight is 265 g/mol. The fourth-order valence-corrected chi connectivity index (χ4v) is 2.25. The number of fused-ring (bicyclic) bond motifs is 1. The molecule has 1 amide bonds. The third-order valence-electron chi connectivity index (χ3n) is 3.27. The molecule has 0 atom stereocenters. The van der Waals surface area contributed by atoms with Gasteiger partial charge in [0.1, 0.15) is 0 Å². The van der Waals surface area contributed by atoms with Crippen LogP contribution >= 0.6 is 0 Å². The van der Waals surface area contributed by atoms with Crippen LogP contribution in [0.2, 0.25) is 0 Å². The number of amides is 1. The van der Waals surface area contributed by atoms with Gasteiger partial charge in [0.25, 0.3) is 5.91 Å². The minimum atomic E-state index is -0.0396. The lowest BCUT2D eigenvalue weighted by Gasteiger charge is -2.13. The van der Waals surface area contributed by atoms with E-state index in [2.05, 4.69) is 9.97 Å². The molecule has 4 heteroatoms. The van der Waals surface area contributed by atoms with Gasteiger partial charge < -0.3 is 9.88 Å². The molecule has 0 aliphatic heterocycles. The van der Waals surface area contributed by atoms with E-state index in [-0.39, 0.29) is 5.91 Å². The molecule has 1 N–H and O–H groups in total. The Bertz CT molecular complexity index is 774. The number of carbonyl (C=O) groups excluding carboxylic acids is 1. The molecule has 0 radical (unpaired) electrons. The standard InChI is InChI=1S/C16H15N3O/c1-19(2)16(20)13-4-3-8-18-15(13)12-5-6-14-11(10-12)7-9-17-14/h3-10,17H,1-2H3. The summed E-state index contributed by atoms with van der Waals surface area (Å²) in [6, 6.07) is 11.6. The minimum absolute atomic E-state index is 0.0396. The van der Waals surface area contributed by atoms with Crippen molar-refractivity contribution in [2.45, 2.75) is 0 Å². The zero-order valence-corrected chi connectivity index (χ0v) is 11.4. The Labute approximate surface area is 117 Å². The molecule has 100 valence electrons. The summed E-state index contributed by atoms with van der Waals surface area (Å²) >= 11 is 0. The monoisotopic (exact) mass is 265 g/mol. The first kappa shape index (κ1) is 12.4. The summed E-state index contributed by atoms with van der Waals surface area (Å²) in [7, 11) is 3.49. The molecule has 3 rings (SSSR count). The van der Waals surface area contributed by atoms with Crippen LogP contribution in [-0.2, 0) is 0 Å². The molecule has 0 saturated heterocycles. The number of aromatic nitrogens is 2. The maximum absolute atomic E-state index is 12.2. The number of benzene rings is 1. The second-order valence-corrected chi connectivity index (χ2v) is 4.88. The fraction of sp³-hybridized carbons (Fsp3) is 0.125. The van der Waals surface area contributed by atoms with Gasteiger partial charge in [-0.3, -0.25) is 9.78 Å². The molecule has 20 heavy (non-hydrogen) atoms. The first-order valence-corrected chi connectivity index (χ1v) is 6.41. The summed E-state index contributed by atoms with van der Waals surface area (Å²) in [5, 5.41) is 1.11. The lowest BCUT2D eigenvalue weighted by atomic mass is 10.0. The van der Waals surface area contributed by atoms with E-state index in [0.29, 0.717) is 11.3 Å². The van der Waals surface area contributed by atoms with Crippen LogP contribution < -0.4 is 0 Å². The molecule has 1 aromatic carbocycles. The van der Waals surface area contributed by atoms with Crippen LogP contribution in [0.15, 0.2) is 48.8 Å². The van der Waals surface area contributed by atoms with E-state index in [0.717, 1.165) is 16.5 Å². The Morgan fingerprint density at radius 2 is 2.05 bits per heavy atom. The van der Waals surface area contributed by atoms with E-state index in [4.69, 9.17) is 0 Å². The molecule has 0 aliphatic rings. The third-order valence-corrected chi connectivity index (χ3v) is 3.27. The van der Waals surface area contributed by atoms with E-state index in [1.165, 1.54) is 0 Å². The minimum Gasteiger partial charge on any atom is -0.361 e. The number of hydrogen-bond donors (Lipinski definition) is 1. The number of carbonyl (C=O) groups is 1. The molecular formula is C16H15N3O. The summed E-state index contributed by atoms with van der Waals surface area (Å²) in [5.74, 6) is -0.0396. The van der Waals surface area contributed by atoms with Gasteiger partial charge in [0, 0.05) is 43.0 Å². The van der Waals surface area contributed by atoms with Crippen molar-refractivity contribution in [2.75, 3.05) is 14.1 Å². The van der Waals surface area contributed by atoms with Crippen molar-refractivity contribution in [3.05, 3.63) is 54.4 Å². The number of H-pyrrole nitrogens is 1. The summed E-state index contributed by atoms with van der Waals surface area (Å²) in [6.07, 6.45) is 3.61. The van der Waals surface area contributed by atoms with Crippen molar-refractivity contribution in [1.29, 1.82) is 0 Å². The molecule has 4 nitrogen and oxygen atoms in total. The zero-order chi connectivity index (χ0) is 14.1. The summed E-state index contributed by atoms with van der Waals surface area (Å²) < 4.78 is 0. The molecule has 0 spiro atoms. The molecule has 0 bridgehead atoms. The molecule has 0 fully saturated rings. The molecule has 0 saturated carbocycles. The molecular weight excluding hydrogens is 250 g/mol. The first-order chi connectivity index (χ1) is 9.66. The van der Waals surface area contributed by atoms with Crippen LogP contribution in [-0.4, -0.2) is 34.9 Å². The number of nitrogens with zero attached hydrogens (tertiary/aromatic N) is 2. The van der Waals surface area contributed by atoms with E-state index in [1.807, 2.05) is 36.5 Å². The second-order valence-electron chi connectivity index (χ2n) is 4.88. The Morgan fingerprint density at radius 3 is 2.85 bits per heavy atom. The van der Waals surface area contributed by atoms with Gasteiger partial charge in [-0.15, -0.1) is 0 Å². The van der Waals surface area contributed by atoms with Gasteiger partial charge >= 0.3 is 0 Å². The Balaban J connectivity index is 2.16. The van der Waals surface area contributed by atoms with Crippen molar-refractivity contribution < 1.29 is 4.79 Å². The van der Waals surface area contributed by atoms with Gasteiger partial charge in [0.05, 0.1) is 11.3 Å². The molecule has 3 aromatic rings. The fourth-order valence-electron chi connectivity index (χ4n) is 2.25. The summed E-state index contributed by atoms with van der Waals surface area (Å²) in [4.78, 5) is 21.3. The predicted octanol–water partition coefficient (Wildman–Crippen LogP) is 2.93. The van der Waals surface area contributed by atoms with Crippen LogP contribution in [0.3, 0.4) is 0 Å². The highest BCUT2D eigenvalue weighted by Crippen LogP contribution is 2.25. The Hall–Kier alpha value is -2.62. The number of nitrogens with one attached hydrogen (secondary N) is 1. The highest BCUT2D eigenvalue weighted by molar-refractivity contribution is 6.00. The van der Waals surface area contributed by atoms with Gasteiger partial charge in [-0.25, -0.2) is 0 Å². The maximum Gasteiger partial charge on any atom is 0.255 e. The zero-order valence-electron chi connectivity index (χ0n) is 11.4. The molecule has 0 unspecified atom stereocenters. The molecule has 2 heterocycles. The largest absolute Gasteiger partial charge is 0.361 e. The molecule has 2 aromatic heterocycles. The number of rotatable bonds is 2. The number of pyridine rings is 1. The first-order valence-electron chi connectivity index (χ1n) is 6.41. The lowest BCUT2D eigenvalue weighted by molar-refractivity contribution is 0.0828. The van der Waals surface area contributed by atoms with Crippen molar-refractivity contribution >= 4 is 16.8 Å². The van der Waals surface area contributed by atoms with E-state index in [9.17, 15) is 4.79 Å². The Kier molecular flexibility index (Phi) is 2.99. The van der Waals surface area contributed by atoms with Crippen molar-refractivity contribution in [1.82, 2.24) is 14.9 Å². The van der Waals surface area contributed by atoms with Gasteiger partial charge in [-0.05, 0) is 30.3 Å². The number of hydrogen-bond acceptors (Lipinski definition) is 2. The highest BCUT2D eigenvalue weighted by Gasteiger charge is 2.15. The Morgan fingerprint density at radius 1 is 1.20 bits per heavy atom. The number of aromatic amines is 1. The van der Waals surface area contributed by atoms with Crippen molar-refractivity contribution in [3.8, 4) is 11.3 Å². The third kappa shape index (κ3) is 2.05. The summed E-state index contributed by atoms with van der Waals surface area (Å²) in [5.41, 5.74) is 3.36.